The molecule has 1 aliphatic heterocycles. The van der Waals surface area contributed by atoms with E-state index in [-0.39, 0.29) is 5.91 Å². The third kappa shape index (κ3) is 2.69. The Bertz CT molecular complexity index is 1030. The van der Waals surface area contributed by atoms with Crippen molar-refractivity contribution in [2.45, 2.75) is 0 Å². The molecule has 3 N–H and O–H groups in total. The first kappa shape index (κ1) is 15.9. The Kier molecular flexibility index (Phi) is 3.89. The highest BCUT2D eigenvalue weighted by Crippen LogP contribution is 2.37. The molecule has 2 aromatic carbocycles. The number of amides is 1. The van der Waals surface area contributed by atoms with E-state index >= 15 is 0 Å². The zero-order valence-electron chi connectivity index (χ0n) is 14.3. The van der Waals surface area contributed by atoms with Crippen LogP contribution in [0.2, 0.25) is 0 Å². The molecule has 5 heteroatoms. The molecule has 0 atom stereocenters. The summed E-state index contributed by atoms with van der Waals surface area (Å²) in [5, 5.41) is 6.10. The van der Waals surface area contributed by atoms with Gasteiger partial charge in [0.15, 0.2) is 0 Å². The lowest BCUT2D eigenvalue weighted by Crippen LogP contribution is -2.18. The maximum atomic E-state index is 12.0. The monoisotopic (exact) mass is 342 g/mol. The van der Waals surface area contributed by atoms with E-state index in [1.165, 1.54) is 0 Å². The van der Waals surface area contributed by atoms with Crippen molar-refractivity contribution in [3.8, 4) is 11.4 Å². The predicted molar refractivity (Wildman–Crippen MR) is 104 cm³/mol. The normalized spacial score (nSPS) is 12.8. The van der Waals surface area contributed by atoms with Crippen LogP contribution < -0.4 is 10.6 Å². The molecule has 5 nitrogen and oxygen atoms in total. The van der Waals surface area contributed by atoms with Gasteiger partial charge in [0.25, 0.3) is 5.91 Å². The van der Waals surface area contributed by atoms with Crippen LogP contribution in [-0.2, 0) is 0 Å². The number of benzene rings is 2. The minimum Gasteiger partial charge on any atom is -0.355 e. The molecule has 4 rings (SSSR count). The number of hydrogen-bond acceptors (Lipinski definition) is 3. The number of imidazole rings is 1. The lowest BCUT2D eigenvalue weighted by molar-refractivity contribution is 0.0963. The van der Waals surface area contributed by atoms with Crippen LogP contribution in [0.1, 0.15) is 21.5 Å². The van der Waals surface area contributed by atoms with E-state index in [1.807, 2.05) is 42.5 Å². The SMILES string of the molecule is C=C1C=C(c2ccccc2-c2ncc[nH]2)Nc2cc(C(=O)NC)ccc21. The van der Waals surface area contributed by atoms with Gasteiger partial charge in [-0.05, 0) is 23.8 Å². The third-order valence-electron chi connectivity index (χ3n) is 4.41. The minimum absolute atomic E-state index is 0.118. The molecule has 128 valence electrons. The van der Waals surface area contributed by atoms with Gasteiger partial charge in [0.05, 0.1) is 0 Å². The molecule has 1 aliphatic rings. The largest absolute Gasteiger partial charge is 0.355 e. The fourth-order valence-corrected chi connectivity index (χ4v) is 3.13. The minimum atomic E-state index is -0.118. The summed E-state index contributed by atoms with van der Waals surface area (Å²) in [4.78, 5) is 19.5. The summed E-state index contributed by atoms with van der Waals surface area (Å²) in [7, 11) is 1.62. The number of fused-ring (bicyclic) bond motifs is 1. The van der Waals surface area contributed by atoms with Gasteiger partial charge in [0.1, 0.15) is 5.82 Å². The summed E-state index contributed by atoms with van der Waals surface area (Å²) >= 11 is 0. The lowest BCUT2D eigenvalue weighted by atomic mass is 9.94. The van der Waals surface area contributed by atoms with Crippen molar-refractivity contribution in [3.05, 3.63) is 84.2 Å². The quantitative estimate of drug-likeness (QED) is 0.676. The Balaban J connectivity index is 1.78. The highest BCUT2D eigenvalue weighted by molar-refractivity contribution is 6.02. The summed E-state index contributed by atoms with van der Waals surface area (Å²) in [5.74, 6) is 0.686. The molecule has 0 unspecified atom stereocenters. The first-order chi connectivity index (χ1) is 12.7. The van der Waals surface area contributed by atoms with Gasteiger partial charge >= 0.3 is 0 Å². The molecule has 1 aromatic heterocycles. The van der Waals surface area contributed by atoms with Crippen molar-refractivity contribution in [2.24, 2.45) is 0 Å². The molecular formula is C21H18N4O. The van der Waals surface area contributed by atoms with E-state index in [1.54, 1.807) is 25.5 Å². The number of allylic oxidation sites excluding steroid dienone is 2. The second-order valence-corrected chi connectivity index (χ2v) is 6.03. The number of carbonyl (C=O) groups excluding carboxylic acids is 1. The van der Waals surface area contributed by atoms with Gasteiger partial charge < -0.3 is 15.6 Å². The van der Waals surface area contributed by atoms with Crippen molar-refractivity contribution in [1.29, 1.82) is 0 Å². The van der Waals surface area contributed by atoms with Gasteiger partial charge in [-0.1, -0.05) is 36.9 Å². The third-order valence-corrected chi connectivity index (χ3v) is 4.41. The molecule has 0 aliphatic carbocycles. The number of H-pyrrole nitrogens is 1. The maximum Gasteiger partial charge on any atom is 0.251 e. The fourth-order valence-electron chi connectivity index (χ4n) is 3.13. The van der Waals surface area contributed by atoms with Crippen LogP contribution >= 0.6 is 0 Å². The van der Waals surface area contributed by atoms with Crippen molar-refractivity contribution in [2.75, 3.05) is 12.4 Å². The van der Waals surface area contributed by atoms with Gasteiger partial charge in [0, 0.05) is 53.1 Å². The second-order valence-electron chi connectivity index (χ2n) is 6.03. The van der Waals surface area contributed by atoms with Gasteiger partial charge in [0.2, 0.25) is 0 Å². The summed E-state index contributed by atoms with van der Waals surface area (Å²) < 4.78 is 0. The molecule has 0 saturated heterocycles. The zero-order chi connectivity index (χ0) is 18.1. The first-order valence-corrected chi connectivity index (χ1v) is 8.30. The predicted octanol–water partition coefficient (Wildman–Crippen LogP) is 3.92. The fraction of sp³-hybridized carbons (Fsp3) is 0.0476. The van der Waals surface area contributed by atoms with Crippen LogP contribution in [0.15, 0.2) is 67.5 Å². The first-order valence-electron chi connectivity index (χ1n) is 8.30. The number of nitrogens with one attached hydrogen (secondary N) is 3. The summed E-state index contributed by atoms with van der Waals surface area (Å²) in [6.07, 6.45) is 5.56. The van der Waals surface area contributed by atoms with Gasteiger partial charge in [-0.15, -0.1) is 0 Å². The molecule has 0 saturated carbocycles. The zero-order valence-corrected chi connectivity index (χ0v) is 14.3. The van der Waals surface area contributed by atoms with Crippen molar-refractivity contribution >= 4 is 22.9 Å². The van der Waals surface area contributed by atoms with Gasteiger partial charge in [-0.3, -0.25) is 4.79 Å². The summed E-state index contributed by atoms with van der Waals surface area (Å²) in [6.45, 7) is 4.18. The Morgan fingerprint density at radius 3 is 2.65 bits per heavy atom. The van der Waals surface area contributed by atoms with Crippen LogP contribution in [-0.4, -0.2) is 22.9 Å². The van der Waals surface area contributed by atoms with E-state index in [9.17, 15) is 4.79 Å². The van der Waals surface area contributed by atoms with E-state index in [2.05, 4.69) is 27.2 Å². The lowest BCUT2D eigenvalue weighted by Gasteiger charge is -2.23. The number of carbonyl (C=O) groups is 1. The number of aromatic amines is 1. The maximum absolute atomic E-state index is 12.0. The van der Waals surface area contributed by atoms with E-state index in [4.69, 9.17) is 0 Å². The Hall–Kier alpha value is -3.60. The summed E-state index contributed by atoms with van der Waals surface area (Å²) in [6, 6.07) is 13.6. The average molecular weight is 342 g/mol. The molecule has 0 radical (unpaired) electrons. The Morgan fingerprint density at radius 2 is 1.92 bits per heavy atom. The summed E-state index contributed by atoms with van der Waals surface area (Å²) in [5.41, 5.74) is 6.27. The Morgan fingerprint density at radius 1 is 1.12 bits per heavy atom. The van der Waals surface area contributed by atoms with Crippen LogP contribution in [0.25, 0.3) is 22.7 Å². The second kappa shape index (κ2) is 6.37. The highest BCUT2D eigenvalue weighted by Gasteiger charge is 2.19. The highest BCUT2D eigenvalue weighted by atomic mass is 16.1. The molecule has 26 heavy (non-hydrogen) atoms. The van der Waals surface area contributed by atoms with Gasteiger partial charge in [-0.2, -0.15) is 0 Å². The van der Waals surface area contributed by atoms with Crippen LogP contribution in [0.4, 0.5) is 5.69 Å². The van der Waals surface area contributed by atoms with E-state index in [0.717, 1.165) is 39.5 Å². The molecule has 2 heterocycles. The number of nitrogens with zero attached hydrogens (tertiary/aromatic N) is 1. The topological polar surface area (TPSA) is 69.8 Å². The molecule has 0 fully saturated rings. The smallest absolute Gasteiger partial charge is 0.251 e. The molecule has 0 bridgehead atoms. The van der Waals surface area contributed by atoms with Crippen LogP contribution in [0.3, 0.4) is 0 Å². The molecule has 0 spiro atoms. The van der Waals surface area contributed by atoms with Crippen LogP contribution in [0, 0.1) is 0 Å². The van der Waals surface area contributed by atoms with Gasteiger partial charge in [-0.25, -0.2) is 4.98 Å². The van der Waals surface area contributed by atoms with Crippen molar-refractivity contribution < 1.29 is 4.79 Å². The standard InChI is InChI=1S/C21H18N4O/c1-13-11-18(16-5-3-4-6-17(16)20-23-9-10-24-20)25-19-12-14(21(26)22-2)7-8-15(13)19/h3-12,25H,1H2,2H3,(H,22,26)(H,23,24). The van der Waals surface area contributed by atoms with Crippen molar-refractivity contribution in [1.82, 2.24) is 15.3 Å². The van der Waals surface area contributed by atoms with E-state index in [0.29, 0.717) is 5.56 Å². The number of hydrogen-bond donors (Lipinski definition) is 3. The van der Waals surface area contributed by atoms with Crippen LogP contribution in [0.5, 0.6) is 0 Å². The number of anilines is 1. The molecular weight excluding hydrogens is 324 g/mol. The molecule has 1 amide bonds. The Labute approximate surface area is 151 Å². The molecule has 3 aromatic rings. The number of aromatic nitrogens is 2. The van der Waals surface area contributed by atoms with Crippen molar-refractivity contribution in [3.63, 3.8) is 0 Å². The number of rotatable bonds is 3. The van der Waals surface area contributed by atoms with E-state index < -0.39 is 0 Å². The average Bonchev–Trinajstić information content (AvgIpc) is 3.21.